The van der Waals surface area contributed by atoms with Crippen LogP contribution in [0.15, 0.2) is 0 Å². The third kappa shape index (κ3) is 25.6. The third-order valence-corrected chi connectivity index (χ3v) is 6.81. The van der Waals surface area contributed by atoms with Crippen LogP contribution in [-0.2, 0) is 14.3 Å². The normalized spacial score (nSPS) is 12.1. The highest BCUT2D eigenvalue weighted by atomic mass is 16.5. The topological polar surface area (TPSA) is 63.6 Å². The van der Waals surface area contributed by atoms with E-state index < -0.39 is 12.1 Å². The highest BCUT2D eigenvalue weighted by molar-refractivity contribution is 5.71. The van der Waals surface area contributed by atoms with E-state index in [0.29, 0.717) is 12.8 Å². The number of esters is 1. The summed E-state index contributed by atoms with van der Waals surface area (Å²) in [6.07, 6.45) is 28.3. The first kappa shape index (κ1) is 32.9. The minimum atomic E-state index is -0.881. The second kappa shape index (κ2) is 26.5. The fraction of sp³-hybridized carbons (Fsp3) is 0.933. The van der Waals surface area contributed by atoms with Crippen molar-refractivity contribution in [2.45, 2.75) is 180 Å². The average molecular weight is 483 g/mol. The van der Waals surface area contributed by atoms with Crippen LogP contribution >= 0.6 is 0 Å². The Morgan fingerprint density at radius 3 is 1.29 bits per heavy atom. The van der Waals surface area contributed by atoms with Gasteiger partial charge in [0.15, 0.2) is 0 Å². The molecule has 0 aliphatic rings. The van der Waals surface area contributed by atoms with Crippen molar-refractivity contribution in [2.24, 2.45) is 0 Å². The Kier molecular flexibility index (Phi) is 25.7. The van der Waals surface area contributed by atoms with Crippen LogP contribution in [0.4, 0.5) is 0 Å². The lowest BCUT2D eigenvalue weighted by Crippen LogP contribution is -2.21. The molecule has 0 aliphatic carbocycles. The zero-order valence-electron chi connectivity index (χ0n) is 22.9. The molecule has 0 fully saturated rings. The molecule has 0 saturated carbocycles. The summed E-state index contributed by atoms with van der Waals surface area (Å²) in [6.45, 7) is 4.49. The van der Waals surface area contributed by atoms with Crippen LogP contribution in [0.1, 0.15) is 174 Å². The maximum atomic E-state index is 12.2. The van der Waals surface area contributed by atoms with Gasteiger partial charge in [-0.3, -0.25) is 9.59 Å². The summed E-state index contributed by atoms with van der Waals surface area (Å²) in [6, 6.07) is 0. The predicted molar refractivity (Wildman–Crippen MR) is 144 cm³/mol. The minimum Gasteiger partial charge on any atom is -0.481 e. The van der Waals surface area contributed by atoms with E-state index in [4.69, 9.17) is 9.84 Å². The first-order valence-corrected chi connectivity index (χ1v) is 15.0. The summed E-state index contributed by atoms with van der Waals surface area (Å²) >= 11 is 0. The molecule has 0 aromatic heterocycles. The van der Waals surface area contributed by atoms with Crippen LogP contribution in [0.3, 0.4) is 0 Å². The quantitative estimate of drug-likeness (QED) is 0.0934. The number of carboxylic acid groups (broad SMARTS) is 1. The van der Waals surface area contributed by atoms with Gasteiger partial charge in [0, 0.05) is 6.42 Å². The number of carbonyl (C=O) groups is 2. The maximum absolute atomic E-state index is 12.2. The molecule has 0 heterocycles. The van der Waals surface area contributed by atoms with Gasteiger partial charge >= 0.3 is 11.9 Å². The molecule has 4 heteroatoms. The fourth-order valence-corrected chi connectivity index (χ4v) is 4.61. The Hall–Kier alpha value is -1.06. The van der Waals surface area contributed by atoms with Crippen LogP contribution in [0.5, 0.6) is 0 Å². The van der Waals surface area contributed by atoms with Crippen molar-refractivity contribution in [3.05, 3.63) is 0 Å². The summed E-state index contributed by atoms with van der Waals surface area (Å²) < 4.78 is 5.51. The van der Waals surface area contributed by atoms with Crippen LogP contribution in [0, 0.1) is 0 Å². The second-order valence-electron chi connectivity index (χ2n) is 10.3. The molecule has 202 valence electrons. The predicted octanol–water partition coefficient (Wildman–Crippen LogP) is 9.78. The molecule has 0 amide bonds. The van der Waals surface area contributed by atoms with Gasteiger partial charge in [0.25, 0.3) is 0 Å². The van der Waals surface area contributed by atoms with Gasteiger partial charge in [-0.15, -0.1) is 0 Å². The van der Waals surface area contributed by atoms with Gasteiger partial charge in [0.05, 0.1) is 6.42 Å². The second-order valence-corrected chi connectivity index (χ2v) is 10.3. The van der Waals surface area contributed by atoms with Crippen molar-refractivity contribution in [3.8, 4) is 0 Å². The SMILES string of the molecule is CCCCCCCCCCCCCCCCC(=O)OC(CCCCCCCCCC)CC(=O)O. The molecule has 0 rings (SSSR count). The van der Waals surface area contributed by atoms with Gasteiger partial charge < -0.3 is 9.84 Å². The van der Waals surface area contributed by atoms with E-state index in [9.17, 15) is 9.59 Å². The van der Waals surface area contributed by atoms with Crippen LogP contribution in [-0.4, -0.2) is 23.1 Å². The average Bonchev–Trinajstić information content (AvgIpc) is 2.80. The van der Waals surface area contributed by atoms with Crippen LogP contribution in [0.2, 0.25) is 0 Å². The zero-order chi connectivity index (χ0) is 25.1. The summed E-state index contributed by atoms with van der Waals surface area (Å²) in [4.78, 5) is 23.3. The molecule has 0 aromatic carbocycles. The summed E-state index contributed by atoms with van der Waals surface area (Å²) in [5.74, 6) is -1.10. The van der Waals surface area contributed by atoms with Gasteiger partial charge in [0.2, 0.25) is 0 Å². The minimum absolute atomic E-state index is 0.0685. The largest absolute Gasteiger partial charge is 0.481 e. The number of carboxylic acids is 1. The molecule has 4 nitrogen and oxygen atoms in total. The van der Waals surface area contributed by atoms with E-state index in [1.807, 2.05) is 0 Å². The summed E-state index contributed by atoms with van der Waals surface area (Å²) in [5.41, 5.74) is 0. The van der Waals surface area contributed by atoms with Crippen molar-refractivity contribution in [1.82, 2.24) is 0 Å². The molecular weight excluding hydrogens is 424 g/mol. The number of ether oxygens (including phenoxy) is 1. The summed E-state index contributed by atoms with van der Waals surface area (Å²) in [7, 11) is 0. The van der Waals surface area contributed by atoms with Crippen molar-refractivity contribution in [1.29, 1.82) is 0 Å². The molecule has 0 aliphatic heterocycles. The molecule has 1 N–H and O–H groups in total. The number of aliphatic carboxylic acids is 1. The maximum Gasteiger partial charge on any atom is 0.307 e. The van der Waals surface area contributed by atoms with Crippen molar-refractivity contribution in [3.63, 3.8) is 0 Å². The van der Waals surface area contributed by atoms with Crippen molar-refractivity contribution >= 4 is 11.9 Å². The lowest BCUT2D eigenvalue weighted by Gasteiger charge is -2.16. The molecule has 0 spiro atoms. The van der Waals surface area contributed by atoms with E-state index in [2.05, 4.69) is 13.8 Å². The molecule has 0 bridgehead atoms. The zero-order valence-corrected chi connectivity index (χ0v) is 22.9. The van der Waals surface area contributed by atoms with E-state index in [0.717, 1.165) is 25.7 Å². The monoisotopic (exact) mass is 482 g/mol. The highest BCUT2D eigenvalue weighted by Gasteiger charge is 2.17. The molecular formula is C30H58O4. The first-order valence-electron chi connectivity index (χ1n) is 15.0. The molecule has 34 heavy (non-hydrogen) atoms. The lowest BCUT2D eigenvalue weighted by atomic mass is 10.0. The number of unbranched alkanes of at least 4 members (excludes halogenated alkanes) is 20. The molecule has 0 aromatic rings. The number of carbonyl (C=O) groups excluding carboxylic acids is 1. The Morgan fingerprint density at radius 2 is 0.912 bits per heavy atom. The number of hydrogen-bond donors (Lipinski definition) is 1. The first-order chi connectivity index (χ1) is 16.6. The fourth-order valence-electron chi connectivity index (χ4n) is 4.61. The van der Waals surface area contributed by atoms with Gasteiger partial charge in [-0.1, -0.05) is 142 Å². The number of rotatable bonds is 27. The molecule has 0 saturated heterocycles. The van der Waals surface area contributed by atoms with Crippen molar-refractivity contribution < 1.29 is 19.4 Å². The Labute approximate surface area is 212 Å². The van der Waals surface area contributed by atoms with Crippen LogP contribution < -0.4 is 0 Å². The molecule has 1 atom stereocenters. The van der Waals surface area contributed by atoms with Gasteiger partial charge in [0.1, 0.15) is 6.10 Å². The van der Waals surface area contributed by atoms with E-state index >= 15 is 0 Å². The van der Waals surface area contributed by atoms with Gasteiger partial charge in [-0.25, -0.2) is 0 Å². The standard InChI is InChI=1S/C30H58O4/c1-3-5-7-9-11-13-14-15-16-17-18-20-22-24-26-30(33)34-28(27-29(31)32)25-23-21-19-12-10-8-6-4-2/h28H,3-27H2,1-2H3,(H,31,32). The van der Waals surface area contributed by atoms with E-state index in [1.54, 1.807) is 0 Å². The van der Waals surface area contributed by atoms with Gasteiger partial charge in [-0.05, 0) is 19.3 Å². The van der Waals surface area contributed by atoms with E-state index in [1.165, 1.54) is 116 Å². The highest BCUT2D eigenvalue weighted by Crippen LogP contribution is 2.16. The Balaban J connectivity index is 3.64. The van der Waals surface area contributed by atoms with Crippen LogP contribution in [0.25, 0.3) is 0 Å². The molecule has 0 radical (unpaired) electrons. The van der Waals surface area contributed by atoms with E-state index in [-0.39, 0.29) is 12.4 Å². The smallest absolute Gasteiger partial charge is 0.307 e. The number of hydrogen-bond acceptors (Lipinski definition) is 3. The third-order valence-electron chi connectivity index (χ3n) is 6.81. The molecule has 1 unspecified atom stereocenters. The van der Waals surface area contributed by atoms with Gasteiger partial charge in [-0.2, -0.15) is 0 Å². The lowest BCUT2D eigenvalue weighted by molar-refractivity contribution is -0.153. The Bertz CT molecular complexity index is 449. The van der Waals surface area contributed by atoms with Crippen molar-refractivity contribution in [2.75, 3.05) is 0 Å². The summed E-state index contributed by atoms with van der Waals surface area (Å²) in [5, 5.41) is 9.14. The Morgan fingerprint density at radius 1 is 0.559 bits per heavy atom.